The van der Waals surface area contributed by atoms with Gasteiger partial charge in [-0.2, -0.15) is 0 Å². The van der Waals surface area contributed by atoms with E-state index in [-0.39, 0.29) is 0 Å². The fourth-order valence-electron chi connectivity index (χ4n) is 1.04. The van der Waals surface area contributed by atoms with Crippen molar-refractivity contribution in [2.45, 2.75) is 0 Å². The molecule has 0 saturated carbocycles. The predicted octanol–water partition coefficient (Wildman–Crippen LogP) is 2.17. The number of hydrogen-bond acceptors (Lipinski definition) is 3. The van der Waals surface area contributed by atoms with Crippen LogP contribution in [0.2, 0.25) is 5.02 Å². The van der Waals surface area contributed by atoms with Crippen LogP contribution in [-0.4, -0.2) is 20.1 Å². The van der Waals surface area contributed by atoms with Crippen LogP contribution in [-0.2, 0) is 4.74 Å². The van der Waals surface area contributed by atoms with E-state index in [2.05, 4.69) is 10.1 Å². The fraction of sp³-hybridized carbons (Fsp3) is 0.222. The molecule has 0 heterocycles. The van der Waals surface area contributed by atoms with Gasteiger partial charge >= 0.3 is 5.97 Å². The quantitative estimate of drug-likeness (QED) is 0.742. The third kappa shape index (κ3) is 1.92. The molecule has 1 aromatic carbocycles. The van der Waals surface area contributed by atoms with Crippen LogP contribution in [0, 0.1) is 0 Å². The van der Waals surface area contributed by atoms with Crippen LogP contribution < -0.4 is 5.32 Å². The molecule has 0 aromatic heterocycles. The molecule has 1 rings (SSSR count). The lowest BCUT2D eigenvalue weighted by Crippen LogP contribution is -2.06. The van der Waals surface area contributed by atoms with Gasteiger partial charge in [-0.05, 0) is 12.1 Å². The zero-order valence-electron chi connectivity index (χ0n) is 7.43. The molecular weight excluding hydrogens is 190 g/mol. The Kier molecular flexibility index (Phi) is 3.14. The van der Waals surface area contributed by atoms with Crippen molar-refractivity contribution in [1.29, 1.82) is 0 Å². The number of nitrogens with one attached hydrogen (secondary N) is 1. The molecule has 0 fully saturated rings. The van der Waals surface area contributed by atoms with Gasteiger partial charge in [0.2, 0.25) is 0 Å². The molecule has 3 nitrogen and oxygen atoms in total. The number of ether oxygens (including phenoxy) is 1. The lowest BCUT2D eigenvalue weighted by molar-refractivity contribution is 0.0602. The zero-order chi connectivity index (χ0) is 9.84. The summed E-state index contributed by atoms with van der Waals surface area (Å²) in [5.74, 6) is -0.435. The van der Waals surface area contributed by atoms with Gasteiger partial charge in [0.25, 0.3) is 0 Å². The Labute approximate surface area is 81.7 Å². The average Bonchev–Trinajstić information content (AvgIpc) is 2.16. The van der Waals surface area contributed by atoms with E-state index in [1.54, 1.807) is 25.2 Å². The summed E-state index contributed by atoms with van der Waals surface area (Å²) in [7, 11) is 3.04. The molecule has 0 saturated heterocycles. The summed E-state index contributed by atoms with van der Waals surface area (Å²) in [5, 5.41) is 3.25. The van der Waals surface area contributed by atoms with Crippen LogP contribution >= 0.6 is 11.6 Å². The molecule has 4 heteroatoms. The Bertz CT molecular complexity index is 325. The van der Waals surface area contributed by atoms with Crippen molar-refractivity contribution in [2.24, 2.45) is 0 Å². The van der Waals surface area contributed by atoms with Crippen molar-refractivity contribution in [3.8, 4) is 0 Å². The summed E-state index contributed by atoms with van der Waals surface area (Å²) < 4.78 is 4.60. The minimum atomic E-state index is -0.435. The highest BCUT2D eigenvalue weighted by Crippen LogP contribution is 2.24. The zero-order valence-corrected chi connectivity index (χ0v) is 8.18. The molecule has 0 bridgehead atoms. The number of anilines is 1. The van der Waals surface area contributed by atoms with E-state index < -0.39 is 5.97 Å². The molecule has 0 amide bonds. The van der Waals surface area contributed by atoms with Gasteiger partial charge < -0.3 is 10.1 Å². The summed E-state index contributed by atoms with van der Waals surface area (Å²) in [5.41, 5.74) is 1.04. The summed E-state index contributed by atoms with van der Waals surface area (Å²) in [6.07, 6.45) is 0. The van der Waals surface area contributed by atoms with Crippen molar-refractivity contribution in [1.82, 2.24) is 0 Å². The van der Waals surface area contributed by atoms with E-state index in [0.29, 0.717) is 16.3 Å². The van der Waals surface area contributed by atoms with E-state index in [0.717, 1.165) is 0 Å². The Morgan fingerprint density at radius 2 is 2.23 bits per heavy atom. The van der Waals surface area contributed by atoms with Crippen LogP contribution in [0.4, 0.5) is 5.69 Å². The first-order valence-corrected chi connectivity index (χ1v) is 4.13. The first-order chi connectivity index (χ1) is 6.20. The molecule has 1 aromatic rings. The van der Waals surface area contributed by atoms with Gasteiger partial charge in [-0.15, -0.1) is 0 Å². The average molecular weight is 200 g/mol. The first-order valence-electron chi connectivity index (χ1n) is 3.75. The van der Waals surface area contributed by atoms with Gasteiger partial charge in [0.15, 0.2) is 0 Å². The molecule has 13 heavy (non-hydrogen) atoms. The minimum absolute atomic E-state index is 0.370. The third-order valence-corrected chi connectivity index (χ3v) is 1.99. The van der Waals surface area contributed by atoms with Gasteiger partial charge in [0, 0.05) is 12.7 Å². The Morgan fingerprint density at radius 1 is 1.54 bits per heavy atom. The van der Waals surface area contributed by atoms with Gasteiger partial charge in [0.1, 0.15) is 5.56 Å². The Balaban J connectivity index is 3.22. The number of halogens is 1. The summed E-state index contributed by atoms with van der Waals surface area (Å²) >= 11 is 5.84. The maximum absolute atomic E-state index is 11.3. The van der Waals surface area contributed by atoms with E-state index in [4.69, 9.17) is 11.6 Å². The SMILES string of the molecule is CNc1cccc(Cl)c1C(=O)OC. The van der Waals surface area contributed by atoms with E-state index in [9.17, 15) is 4.79 Å². The fourth-order valence-corrected chi connectivity index (χ4v) is 1.29. The van der Waals surface area contributed by atoms with Crippen LogP contribution in [0.15, 0.2) is 18.2 Å². The molecule has 0 atom stereocenters. The molecule has 0 unspecified atom stereocenters. The second kappa shape index (κ2) is 4.14. The lowest BCUT2D eigenvalue weighted by Gasteiger charge is -2.08. The molecular formula is C9H10ClNO2. The molecule has 1 N–H and O–H groups in total. The maximum Gasteiger partial charge on any atom is 0.341 e. The number of esters is 1. The second-order valence-electron chi connectivity index (χ2n) is 2.40. The van der Waals surface area contributed by atoms with Crippen molar-refractivity contribution < 1.29 is 9.53 Å². The largest absolute Gasteiger partial charge is 0.465 e. The smallest absolute Gasteiger partial charge is 0.341 e. The van der Waals surface area contributed by atoms with Crippen LogP contribution in [0.1, 0.15) is 10.4 Å². The molecule has 70 valence electrons. The Morgan fingerprint density at radius 3 is 2.77 bits per heavy atom. The van der Waals surface area contributed by atoms with Crippen molar-refractivity contribution in [3.63, 3.8) is 0 Å². The van der Waals surface area contributed by atoms with E-state index in [1.165, 1.54) is 7.11 Å². The predicted molar refractivity (Wildman–Crippen MR) is 52.3 cm³/mol. The van der Waals surface area contributed by atoms with Crippen LogP contribution in [0.25, 0.3) is 0 Å². The number of carbonyl (C=O) groups excluding carboxylic acids is 1. The van der Waals surface area contributed by atoms with E-state index >= 15 is 0 Å². The van der Waals surface area contributed by atoms with Crippen molar-refractivity contribution >= 4 is 23.3 Å². The summed E-state index contributed by atoms with van der Waals surface area (Å²) in [6, 6.07) is 5.17. The Hall–Kier alpha value is -1.22. The maximum atomic E-state index is 11.3. The highest BCUT2D eigenvalue weighted by Gasteiger charge is 2.14. The number of carbonyl (C=O) groups is 1. The highest BCUT2D eigenvalue weighted by molar-refractivity contribution is 6.34. The molecule has 0 radical (unpaired) electrons. The van der Waals surface area contributed by atoms with Crippen LogP contribution in [0.3, 0.4) is 0 Å². The first kappa shape index (κ1) is 9.86. The van der Waals surface area contributed by atoms with Gasteiger partial charge in [-0.3, -0.25) is 0 Å². The lowest BCUT2D eigenvalue weighted by atomic mass is 10.2. The molecule has 0 aliphatic rings. The van der Waals surface area contributed by atoms with Crippen molar-refractivity contribution in [2.75, 3.05) is 19.5 Å². The van der Waals surface area contributed by atoms with Gasteiger partial charge in [0.05, 0.1) is 12.1 Å². The number of methoxy groups -OCH3 is 1. The van der Waals surface area contributed by atoms with Gasteiger partial charge in [-0.1, -0.05) is 17.7 Å². The van der Waals surface area contributed by atoms with Crippen molar-refractivity contribution in [3.05, 3.63) is 28.8 Å². The van der Waals surface area contributed by atoms with Gasteiger partial charge in [-0.25, -0.2) is 4.79 Å². The third-order valence-electron chi connectivity index (χ3n) is 1.67. The monoisotopic (exact) mass is 199 g/mol. The minimum Gasteiger partial charge on any atom is -0.465 e. The number of rotatable bonds is 2. The van der Waals surface area contributed by atoms with E-state index in [1.807, 2.05) is 0 Å². The summed E-state index contributed by atoms with van der Waals surface area (Å²) in [6.45, 7) is 0. The topological polar surface area (TPSA) is 38.3 Å². The number of benzene rings is 1. The highest BCUT2D eigenvalue weighted by atomic mass is 35.5. The normalized spacial score (nSPS) is 9.46. The molecule has 0 spiro atoms. The standard InChI is InChI=1S/C9H10ClNO2/c1-11-7-5-3-4-6(10)8(7)9(12)13-2/h3-5,11H,1-2H3. The number of hydrogen-bond donors (Lipinski definition) is 1. The second-order valence-corrected chi connectivity index (χ2v) is 2.81. The molecule has 0 aliphatic carbocycles. The summed E-state index contributed by atoms with van der Waals surface area (Å²) in [4.78, 5) is 11.3. The molecule has 0 aliphatic heterocycles. The van der Waals surface area contributed by atoms with Crippen LogP contribution in [0.5, 0.6) is 0 Å².